The van der Waals surface area contributed by atoms with Crippen LogP contribution in [0.5, 0.6) is 0 Å². The molecule has 0 N–H and O–H groups in total. The number of halogens is 6. The van der Waals surface area contributed by atoms with Crippen LogP contribution in [0.15, 0.2) is 90.3 Å². The van der Waals surface area contributed by atoms with Gasteiger partial charge in [-0.15, -0.1) is 22.7 Å². The van der Waals surface area contributed by atoms with Gasteiger partial charge in [-0.05, 0) is 83.3 Å². The van der Waals surface area contributed by atoms with Gasteiger partial charge in [-0.1, -0.05) is 78.4 Å². The maximum Gasteiger partial charge on any atom is 0.380 e. The number of hydrogen-bond acceptors (Lipinski definition) is 3. The van der Waals surface area contributed by atoms with E-state index in [0.29, 0.717) is 21.6 Å². The number of hydrogen-bond donors (Lipinski definition) is 0. The van der Waals surface area contributed by atoms with Gasteiger partial charge in [-0.25, -0.2) is 0 Å². The summed E-state index contributed by atoms with van der Waals surface area (Å²) in [5.41, 5.74) is 2.42. The predicted octanol–water partition coefficient (Wildman–Crippen LogP) is 12.0. The van der Waals surface area contributed by atoms with E-state index in [0.717, 1.165) is 44.9 Å². The van der Waals surface area contributed by atoms with Crippen molar-refractivity contribution in [1.82, 2.24) is 0 Å². The lowest BCUT2D eigenvalue weighted by Gasteiger charge is -2.25. The molecule has 0 saturated heterocycles. The van der Waals surface area contributed by atoms with E-state index in [4.69, 9.17) is 0 Å². The van der Waals surface area contributed by atoms with E-state index in [1.165, 1.54) is 31.4 Å². The summed E-state index contributed by atoms with van der Waals surface area (Å²) in [5.74, 6) is -15.8. The second-order valence-electron chi connectivity index (χ2n) is 11.2. The molecule has 0 saturated carbocycles. The zero-order valence-electron chi connectivity index (χ0n) is 24.8. The average Bonchev–Trinajstić information content (AvgIpc) is 3.65. The van der Waals surface area contributed by atoms with Crippen molar-refractivity contribution in [1.29, 1.82) is 5.26 Å². The fraction of sp³-hybridized carbons (Fsp3) is 0.162. The molecule has 6 rings (SSSR count). The molecule has 0 radical (unpaired) electrons. The Morgan fingerprint density at radius 2 is 1.22 bits per heavy atom. The molecule has 0 amide bonds. The standard InChI is InChI=1S/C37H25F6NS2/c1-21-4-8-25(9-5-21)26-12-14-27(15-13-26)29(20-44)18-24-6-10-28(11-7-24)32-19-31(23(3)46-32)34-33(30-16-17-45-22(30)2)35(38,39)37(42,43)36(34,40)41/h4-19H,1-3H3/b29-18+. The lowest BCUT2D eigenvalue weighted by atomic mass is 9.95. The first-order chi connectivity index (χ1) is 21.8. The Bertz CT molecular complexity index is 2040. The smallest absolute Gasteiger partial charge is 0.194 e. The van der Waals surface area contributed by atoms with E-state index in [9.17, 15) is 14.0 Å². The SMILES string of the molecule is Cc1ccc(-c2ccc(/C(C#N)=C/c3ccc(-c4cc(C5=C(c6ccsc6C)C(F)(F)C(F)(F)C5(F)F)c(C)s4)cc3)cc2)cc1. The lowest BCUT2D eigenvalue weighted by molar-refractivity contribution is -0.254. The molecule has 1 aliphatic carbocycles. The van der Waals surface area contributed by atoms with Crippen LogP contribution in [0.1, 0.15) is 37.6 Å². The molecule has 0 fully saturated rings. The number of allylic oxidation sites excluding steroid dienone is 3. The highest BCUT2D eigenvalue weighted by Gasteiger charge is 2.80. The Morgan fingerprint density at radius 1 is 0.674 bits per heavy atom. The molecular weight excluding hydrogens is 637 g/mol. The monoisotopic (exact) mass is 661 g/mol. The average molecular weight is 662 g/mol. The number of nitriles is 1. The Hall–Kier alpha value is -4.39. The van der Waals surface area contributed by atoms with Gasteiger partial charge in [0.25, 0.3) is 0 Å². The zero-order valence-corrected chi connectivity index (χ0v) is 26.4. The van der Waals surface area contributed by atoms with Crippen LogP contribution in [-0.4, -0.2) is 17.8 Å². The number of alkyl halides is 6. The van der Waals surface area contributed by atoms with E-state index in [1.807, 2.05) is 55.5 Å². The minimum absolute atomic E-state index is 0.216. The molecule has 1 aliphatic rings. The molecule has 9 heteroatoms. The molecule has 0 atom stereocenters. The van der Waals surface area contributed by atoms with Gasteiger partial charge in [0.1, 0.15) is 0 Å². The minimum Gasteiger partial charge on any atom is -0.194 e. The molecule has 0 bridgehead atoms. The van der Waals surface area contributed by atoms with Gasteiger partial charge in [0.2, 0.25) is 0 Å². The van der Waals surface area contributed by atoms with Crippen molar-refractivity contribution in [3.63, 3.8) is 0 Å². The minimum atomic E-state index is -5.60. The third-order valence-corrected chi connectivity index (χ3v) is 10.1. The van der Waals surface area contributed by atoms with Gasteiger partial charge in [0.05, 0.1) is 11.6 Å². The van der Waals surface area contributed by atoms with Crippen LogP contribution in [0.25, 0.3) is 44.4 Å². The first kappa shape index (κ1) is 31.6. The molecule has 2 aromatic heterocycles. The molecule has 2 heterocycles. The number of benzene rings is 3. The van der Waals surface area contributed by atoms with Crippen LogP contribution < -0.4 is 0 Å². The maximum absolute atomic E-state index is 15.3. The fourth-order valence-electron chi connectivity index (χ4n) is 5.63. The second-order valence-corrected chi connectivity index (χ2v) is 13.6. The van der Waals surface area contributed by atoms with Crippen LogP contribution >= 0.6 is 22.7 Å². The van der Waals surface area contributed by atoms with Crippen LogP contribution in [0.4, 0.5) is 26.3 Å². The highest BCUT2D eigenvalue weighted by Crippen LogP contribution is 2.65. The summed E-state index contributed by atoms with van der Waals surface area (Å²) in [5, 5.41) is 11.3. The topological polar surface area (TPSA) is 23.8 Å². The summed E-state index contributed by atoms with van der Waals surface area (Å²) < 4.78 is 90.3. The molecule has 46 heavy (non-hydrogen) atoms. The highest BCUT2D eigenvalue weighted by molar-refractivity contribution is 7.15. The number of rotatable bonds is 6. The first-order valence-electron chi connectivity index (χ1n) is 14.2. The maximum atomic E-state index is 15.3. The molecular formula is C37H25F6NS2. The lowest BCUT2D eigenvalue weighted by Crippen LogP contribution is -2.48. The van der Waals surface area contributed by atoms with E-state index in [1.54, 1.807) is 30.3 Å². The number of thiophene rings is 2. The molecule has 232 valence electrons. The van der Waals surface area contributed by atoms with E-state index in [-0.39, 0.29) is 20.9 Å². The van der Waals surface area contributed by atoms with Crippen LogP contribution in [0.2, 0.25) is 0 Å². The Kier molecular flexibility index (Phi) is 7.86. The summed E-state index contributed by atoms with van der Waals surface area (Å²) in [4.78, 5) is 0.920. The van der Waals surface area contributed by atoms with Crippen molar-refractivity contribution in [2.24, 2.45) is 0 Å². The van der Waals surface area contributed by atoms with Gasteiger partial charge in [0.15, 0.2) is 0 Å². The predicted molar refractivity (Wildman–Crippen MR) is 175 cm³/mol. The van der Waals surface area contributed by atoms with Crippen molar-refractivity contribution < 1.29 is 26.3 Å². The molecule has 1 nitrogen and oxygen atoms in total. The first-order valence-corrected chi connectivity index (χ1v) is 15.9. The Balaban J connectivity index is 1.32. The van der Waals surface area contributed by atoms with Crippen molar-refractivity contribution in [2.45, 2.75) is 38.5 Å². The Labute approximate surface area is 270 Å². The molecule has 3 aromatic carbocycles. The summed E-state index contributed by atoms with van der Waals surface area (Å²) in [6.07, 6.45) is 1.72. The normalized spacial score (nSPS) is 16.9. The number of nitrogens with zero attached hydrogens (tertiary/aromatic N) is 1. The van der Waals surface area contributed by atoms with E-state index < -0.39 is 28.9 Å². The van der Waals surface area contributed by atoms with Gasteiger partial charge in [0, 0.05) is 25.8 Å². The Morgan fingerprint density at radius 3 is 1.76 bits per heavy atom. The van der Waals surface area contributed by atoms with Crippen LogP contribution in [-0.2, 0) is 0 Å². The van der Waals surface area contributed by atoms with Crippen LogP contribution in [0, 0.1) is 32.1 Å². The molecule has 0 unspecified atom stereocenters. The van der Waals surface area contributed by atoms with Crippen LogP contribution in [0.3, 0.4) is 0 Å². The van der Waals surface area contributed by atoms with E-state index >= 15 is 17.6 Å². The quantitative estimate of drug-likeness (QED) is 0.101. The van der Waals surface area contributed by atoms with Crippen molar-refractivity contribution >= 4 is 45.5 Å². The summed E-state index contributed by atoms with van der Waals surface area (Å²) in [7, 11) is 0. The van der Waals surface area contributed by atoms with Crippen molar-refractivity contribution in [3.05, 3.63) is 128 Å². The van der Waals surface area contributed by atoms with Gasteiger partial charge < -0.3 is 0 Å². The van der Waals surface area contributed by atoms with Crippen molar-refractivity contribution in [2.75, 3.05) is 0 Å². The number of aryl methyl sites for hydroxylation is 3. The van der Waals surface area contributed by atoms with Gasteiger partial charge >= 0.3 is 17.8 Å². The van der Waals surface area contributed by atoms with E-state index in [2.05, 4.69) is 6.07 Å². The van der Waals surface area contributed by atoms with Gasteiger partial charge in [-0.3, -0.25) is 0 Å². The highest BCUT2D eigenvalue weighted by atomic mass is 32.1. The third-order valence-electron chi connectivity index (χ3n) is 8.19. The van der Waals surface area contributed by atoms with Gasteiger partial charge in [-0.2, -0.15) is 31.6 Å². The zero-order chi connectivity index (χ0) is 33.0. The largest absolute Gasteiger partial charge is 0.380 e. The summed E-state index contributed by atoms with van der Waals surface area (Å²) >= 11 is 2.08. The van der Waals surface area contributed by atoms with Crippen molar-refractivity contribution in [3.8, 4) is 27.6 Å². The third kappa shape index (κ3) is 5.10. The molecule has 0 aliphatic heterocycles. The molecule has 5 aromatic rings. The summed E-state index contributed by atoms with van der Waals surface area (Å²) in [6, 6.07) is 27.4. The molecule has 0 spiro atoms. The summed E-state index contributed by atoms with van der Waals surface area (Å²) in [6.45, 7) is 4.92. The fourth-order valence-corrected chi connectivity index (χ4v) is 7.37. The second kappa shape index (κ2) is 11.4.